The number of aromatic nitrogens is 1. The Hall–Kier alpha value is -1.68. The summed E-state index contributed by atoms with van der Waals surface area (Å²) in [6, 6.07) is 5.65. The Morgan fingerprint density at radius 1 is 1.35 bits per heavy atom. The van der Waals surface area contributed by atoms with Crippen LogP contribution in [0.5, 0.6) is 0 Å². The van der Waals surface area contributed by atoms with Crippen LogP contribution in [0.2, 0.25) is 0 Å². The van der Waals surface area contributed by atoms with Crippen LogP contribution in [-0.4, -0.2) is 28.9 Å². The van der Waals surface area contributed by atoms with E-state index < -0.39 is 0 Å². The number of Topliss-reactive ketones (excluding diaryl/α,β-unsaturated/α-hetero) is 1. The fourth-order valence-electron chi connectivity index (χ4n) is 2.91. The zero-order valence-corrected chi connectivity index (χ0v) is 11.9. The number of benzene rings is 1. The van der Waals surface area contributed by atoms with E-state index in [1.54, 1.807) is 0 Å². The largest absolute Gasteiger partial charge is 0.356 e. The van der Waals surface area contributed by atoms with E-state index >= 15 is 0 Å². The molecule has 1 aliphatic rings. The summed E-state index contributed by atoms with van der Waals surface area (Å²) < 4.78 is 5.40. The Morgan fingerprint density at radius 2 is 2.15 bits per heavy atom. The summed E-state index contributed by atoms with van der Waals surface area (Å²) in [5.74, 6) is 0.184. The molecule has 2 heterocycles. The molecule has 0 N–H and O–H groups in total. The second-order valence-corrected chi connectivity index (χ2v) is 5.46. The van der Waals surface area contributed by atoms with Gasteiger partial charge in [-0.2, -0.15) is 0 Å². The van der Waals surface area contributed by atoms with Gasteiger partial charge in [-0.25, -0.2) is 0 Å². The number of rotatable bonds is 5. The van der Waals surface area contributed by atoms with Crippen LogP contribution in [0.3, 0.4) is 0 Å². The maximum absolute atomic E-state index is 12.3. The van der Waals surface area contributed by atoms with Crippen molar-refractivity contribution in [3.05, 3.63) is 29.5 Å². The minimum absolute atomic E-state index is 0.184. The molecule has 3 rings (SSSR count). The Morgan fingerprint density at radius 3 is 2.90 bits per heavy atom. The van der Waals surface area contributed by atoms with E-state index in [0.29, 0.717) is 6.42 Å². The van der Waals surface area contributed by atoms with E-state index in [2.05, 4.69) is 10.1 Å². The normalized spacial score (nSPS) is 16.1. The molecule has 0 amide bonds. The van der Waals surface area contributed by atoms with Gasteiger partial charge in [-0.1, -0.05) is 24.2 Å². The minimum atomic E-state index is 0.184. The van der Waals surface area contributed by atoms with Crippen LogP contribution in [0.15, 0.2) is 22.7 Å². The van der Waals surface area contributed by atoms with E-state index in [4.69, 9.17) is 4.52 Å². The zero-order chi connectivity index (χ0) is 13.9. The molecular formula is C16H20N2O2. The van der Waals surface area contributed by atoms with E-state index in [1.807, 2.05) is 25.1 Å². The lowest BCUT2D eigenvalue weighted by molar-refractivity contribution is 0.0983. The number of nitrogens with zero attached hydrogens (tertiary/aromatic N) is 2. The van der Waals surface area contributed by atoms with Gasteiger partial charge in [0.15, 0.2) is 11.4 Å². The van der Waals surface area contributed by atoms with Crippen molar-refractivity contribution in [3.63, 3.8) is 0 Å². The van der Waals surface area contributed by atoms with Crippen molar-refractivity contribution in [3.8, 4) is 0 Å². The molecule has 1 fully saturated rings. The predicted molar refractivity (Wildman–Crippen MR) is 77.8 cm³/mol. The maximum atomic E-state index is 12.3. The molecule has 1 saturated heterocycles. The number of ketones is 1. The third kappa shape index (κ3) is 2.48. The summed E-state index contributed by atoms with van der Waals surface area (Å²) in [6.07, 6.45) is 3.93. The van der Waals surface area contributed by atoms with Gasteiger partial charge in [-0.3, -0.25) is 9.69 Å². The van der Waals surface area contributed by atoms with Gasteiger partial charge in [0.1, 0.15) is 5.69 Å². The SMILES string of the molecule is CCCC(=O)c1cccc2onc(CN3CCCC3)c12. The second-order valence-electron chi connectivity index (χ2n) is 5.46. The van der Waals surface area contributed by atoms with Crippen LogP contribution in [-0.2, 0) is 6.54 Å². The number of fused-ring (bicyclic) bond motifs is 1. The number of hydrogen-bond donors (Lipinski definition) is 0. The fraction of sp³-hybridized carbons (Fsp3) is 0.500. The number of carbonyl (C=O) groups excluding carboxylic acids is 1. The van der Waals surface area contributed by atoms with E-state index in [0.717, 1.165) is 48.3 Å². The number of likely N-dealkylation sites (tertiary alicyclic amines) is 1. The lowest BCUT2D eigenvalue weighted by Crippen LogP contribution is -2.19. The van der Waals surface area contributed by atoms with Gasteiger partial charge in [0.25, 0.3) is 0 Å². The van der Waals surface area contributed by atoms with Gasteiger partial charge < -0.3 is 4.52 Å². The highest BCUT2D eigenvalue weighted by molar-refractivity contribution is 6.07. The molecule has 1 aromatic carbocycles. The van der Waals surface area contributed by atoms with Crippen LogP contribution in [0.25, 0.3) is 11.0 Å². The van der Waals surface area contributed by atoms with E-state index in [9.17, 15) is 4.79 Å². The molecule has 106 valence electrons. The molecule has 20 heavy (non-hydrogen) atoms. The van der Waals surface area contributed by atoms with E-state index in [-0.39, 0.29) is 5.78 Å². The molecule has 0 radical (unpaired) electrons. The quantitative estimate of drug-likeness (QED) is 0.783. The number of carbonyl (C=O) groups is 1. The lowest BCUT2D eigenvalue weighted by atomic mass is 10.0. The molecule has 1 aliphatic heterocycles. The first-order chi connectivity index (χ1) is 9.79. The van der Waals surface area contributed by atoms with Crippen molar-refractivity contribution in [1.82, 2.24) is 10.1 Å². The van der Waals surface area contributed by atoms with Crippen LogP contribution < -0.4 is 0 Å². The molecule has 0 bridgehead atoms. The highest BCUT2D eigenvalue weighted by Crippen LogP contribution is 2.26. The minimum Gasteiger partial charge on any atom is -0.356 e. The van der Waals surface area contributed by atoms with Gasteiger partial charge in [-0.15, -0.1) is 0 Å². The monoisotopic (exact) mass is 272 g/mol. The molecular weight excluding hydrogens is 252 g/mol. The molecule has 4 heteroatoms. The van der Waals surface area contributed by atoms with E-state index in [1.165, 1.54) is 12.8 Å². The van der Waals surface area contributed by atoms with Crippen molar-refractivity contribution in [1.29, 1.82) is 0 Å². The molecule has 0 saturated carbocycles. The fourth-order valence-corrected chi connectivity index (χ4v) is 2.91. The molecule has 0 atom stereocenters. The topological polar surface area (TPSA) is 46.3 Å². The summed E-state index contributed by atoms with van der Waals surface area (Å²) in [5.41, 5.74) is 2.39. The highest BCUT2D eigenvalue weighted by Gasteiger charge is 2.20. The first kappa shape index (κ1) is 13.3. The average Bonchev–Trinajstić information content (AvgIpc) is 3.09. The first-order valence-corrected chi connectivity index (χ1v) is 7.42. The van der Waals surface area contributed by atoms with Crippen LogP contribution in [0, 0.1) is 0 Å². The van der Waals surface area contributed by atoms with Crippen molar-refractivity contribution < 1.29 is 9.32 Å². The lowest BCUT2D eigenvalue weighted by Gasteiger charge is -2.12. The summed E-state index contributed by atoms with van der Waals surface area (Å²) >= 11 is 0. The van der Waals surface area contributed by atoms with Crippen LogP contribution in [0.1, 0.15) is 48.7 Å². The van der Waals surface area contributed by atoms with Gasteiger partial charge in [0.05, 0.1) is 5.39 Å². The van der Waals surface area contributed by atoms with Crippen molar-refractivity contribution >= 4 is 16.8 Å². The molecule has 0 unspecified atom stereocenters. The maximum Gasteiger partial charge on any atom is 0.167 e. The van der Waals surface area contributed by atoms with Gasteiger partial charge in [0.2, 0.25) is 0 Å². The predicted octanol–water partition coefficient (Wildman–Crippen LogP) is 3.41. The molecule has 0 aliphatic carbocycles. The van der Waals surface area contributed by atoms with Crippen LogP contribution >= 0.6 is 0 Å². The third-order valence-electron chi connectivity index (χ3n) is 3.92. The standard InChI is InChI=1S/C16H20N2O2/c1-2-6-14(19)12-7-5-8-15-16(12)13(17-20-15)11-18-9-3-4-10-18/h5,7-8H,2-4,6,9-11H2,1H3. The second kappa shape index (κ2) is 5.75. The highest BCUT2D eigenvalue weighted by atomic mass is 16.5. The van der Waals surface area contributed by atoms with Gasteiger partial charge >= 0.3 is 0 Å². The summed E-state index contributed by atoms with van der Waals surface area (Å²) in [6.45, 7) is 5.03. The van der Waals surface area contributed by atoms with Gasteiger partial charge in [0, 0.05) is 18.5 Å². The Balaban J connectivity index is 1.97. The summed E-state index contributed by atoms with van der Waals surface area (Å²) in [4.78, 5) is 14.6. The molecule has 0 spiro atoms. The molecule has 4 nitrogen and oxygen atoms in total. The van der Waals surface area contributed by atoms with Gasteiger partial charge in [-0.05, 0) is 38.4 Å². The summed E-state index contributed by atoms with van der Waals surface area (Å²) in [7, 11) is 0. The third-order valence-corrected chi connectivity index (χ3v) is 3.92. The Bertz CT molecular complexity index is 612. The molecule has 2 aromatic rings. The van der Waals surface area contributed by atoms with Crippen LogP contribution in [0.4, 0.5) is 0 Å². The Kier molecular flexibility index (Phi) is 3.83. The zero-order valence-electron chi connectivity index (χ0n) is 11.9. The molecule has 1 aromatic heterocycles. The Labute approximate surface area is 118 Å². The van der Waals surface area contributed by atoms with Crippen molar-refractivity contribution in [2.24, 2.45) is 0 Å². The average molecular weight is 272 g/mol. The first-order valence-electron chi connectivity index (χ1n) is 7.42. The van der Waals surface area contributed by atoms with Crippen molar-refractivity contribution in [2.75, 3.05) is 13.1 Å². The smallest absolute Gasteiger partial charge is 0.167 e. The van der Waals surface area contributed by atoms with Crippen molar-refractivity contribution in [2.45, 2.75) is 39.2 Å². The summed E-state index contributed by atoms with van der Waals surface area (Å²) in [5, 5.41) is 5.11. The number of hydrogen-bond acceptors (Lipinski definition) is 4.